The Morgan fingerprint density at radius 1 is 0.930 bits per heavy atom. The minimum atomic E-state index is -3.93. The van der Waals surface area contributed by atoms with Crippen molar-refractivity contribution in [1.82, 2.24) is 10.2 Å². The van der Waals surface area contributed by atoms with Crippen LogP contribution in [0.1, 0.15) is 43.2 Å². The highest BCUT2D eigenvalue weighted by Crippen LogP contribution is 2.30. The summed E-state index contributed by atoms with van der Waals surface area (Å²) in [5.41, 5.74) is 1.74. The normalized spacial score (nSPS) is 14.5. The van der Waals surface area contributed by atoms with E-state index in [0.717, 1.165) is 48.2 Å². The predicted molar refractivity (Wildman–Crippen MR) is 171 cm³/mol. The molecule has 3 aromatic carbocycles. The molecular weight excluding hydrogens is 609 g/mol. The molecule has 43 heavy (non-hydrogen) atoms. The van der Waals surface area contributed by atoms with E-state index >= 15 is 0 Å². The molecule has 0 unspecified atom stereocenters. The summed E-state index contributed by atoms with van der Waals surface area (Å²) in [6.07, 6.45) is 6.21. The molecule has 230 valence electrons. The highest BCUT2D eigenvalue weighted by molar-refractivity contribution is 7.92. The fraction of sp³-hybridized carbons (Fsp3) is 0.375. The summed E-state index contributed by atoms with van der Waals surface area (Å²) in [4.78, 5) is 29.8. The molecule has 3 aromatic rings. The first kappa shape index (κ1) is 32.6. The van der Waals surface area contributed by atoms with Gasteiger partial charge in [-0.15, -0.1) is 0 Å². The van der Waals surface area contributed by atoms with Crippen molar-refractivity contribution < 1.29 is 22.7 Å². The van der Waals surface area contributed by atoms with E-state index in [0.29, 0.717) is 21.4 Å². The second-order valence-electron chi connectivity index (χ2n) is 10.8. The summed E-state index contributed by atoms with van der Waals surface area (Å²) in [6, 6.07) is 20.1. The molecule has 0 spiro atoms. The quantitative estimate of drug-likeness (QED) is 0.266. The molecule has 2 amide bonds. The maximum atomic E-state index is 14.3. The van der Waals surface area contributed by atoms with Crippen LogP contribution in [-0.4, -0.2) is 57.1 Å². The molecule has 0 saturated heterocycles. The van der Waals surface area contributed by atoms with Crippen molar-refractivity contribution in [2.24, 2.45) is 0 Å². The smallest absolute Gasteiger partial charge is 0.244 e. The fourth-order valence-corrected chi connectivity index (χ4v) is 6.54. The third-order valence-corrected chi connectivity index (χ3v) is 9.46. The zero-order valence-corrected chi connectivity index (χ0v) is 26.7. The summed E-state index contributed by atoms with van der Waals surface area (Å²) in [5.74, 6) is -0.540. The minimum Gasteiger partial charge on any atom is -0.495 e. The van der Waals surface area contributed by atoms with Crippen LogP contribution >= 0.6 is 23.2 Å². The maximum Gasteiger partial charge on any atom is 0.244 e. The van der Waals surface area contributed by atoms with Gasteiger partial charge in [-0.2, -0.15) is 0 Å². The van der Waals surface area contributed by atoms with Crippen molar-refractivity contribution in [2.75, 3.05) is 24.2 Å². The standard InChI is InChI=1S/C32H37Cl2N3O5S/c1-42-30-16-10-9-15-28(30)37(43(2,40)41)22-31(38)36(21-24-17-18-26(33)27(34)19-24)29(20-23-11-5-3-6-12-23)32(39)35-25-13-7-4-8-14-25/h3,5-6,9-12,15-19,25,29H,4,7-8,13-14,20-22H2,1-2H3,(H,35,39)/t29-/m1/s1. The number of nitrogens with one attached hydrogen (secondary N) is 1. The zero-order valence-electron chi connectivity index (χ0n) is 24.3. The lowest BCUT2D eigenvalue weighted by Crippen LogP contribution is -2.55. The lowest BCUT2D eigenvalue weighted by atomic mass is 9.94. The fourth-order valence-electron chi connectivity index (χ4n) is 5.36. The van der Waals surface area contributed by atoms with Gasteiger partial charge in [0.05, 0.1) is 29.1 Å². The third-order valence-electron chi connectivity index (χ3n) is 7.59. The van der Waals surface area contributed by atoms with Crippen molar-refractivity contribution in [1.29, 1.82) is 0 Å². The van der Waals surface area contributed by atoms with Crippen LogP contribution in [0.15, 0.2) is 72.8 Å². The van der Waals surface area contributed by atoms with E-state index in [9.17, 15) is 18.0 Å². The van der Waals surface area contributed by atoms with E-state index in [4.69, 9.17) is 27.9 Å². The summed E-state index contributed by atoms with van der Waals surface area (Å²) in [5, 5.41) is 3.85. The van der Waals surface area contributed by atoms with E-state index in [2.05, 4.69) is 5.32 Å². The van der Waals surface area contributed by atoms with Crippen molar-refractivity contribution >= 4 is 50.7 Å². The van der Waals surface area contributed by atoms with Gasteiger partial charge >= 0.3 is 0 Å². The highest BCUT2D eigenvalue weighted by Gasteiger charge is 2.34. The zero-order chi connectivity index (χ0) is 31.0. The number of anilines is 1. The average Bonchev–Trinajstić information content (AvgIpc) is 2.99. The molecule has 0 bridgehead atoms. The SMILES string of the molecule is COc1ccccc1N(CC(=O)N(Cc1ccc(Cl)c(Cl)c1)[C@H](Cc1ccccc1)C(=O)NC1CCCCC1)S(C)(=O)=O. The molecule has 1 fully saturated rings. The molecule has 1 aliphatic carbocycles. The monoisotopic (exact) mass is 645 g/mol. The molecule has 8 nitrogen and oxygen atoms in total. The Morgan fingerprint density at radius 2 is 1.60 bits per heavy atom. The van der Waals surface area contributed by atoms with Crippen LogP contribution in [0.25, 0.3) is 0 Å². The Labute approximate surface area is 264 Å². The van der Waals surface area contributed by atoms with E-state index in [1.165, 1.54) is 12.0 Å². The van der Waals surface area contributed by atoms with Crippen LogP contribution in [-0.2, 0) is 32.6 Å². The van der Waals surface area contributed by atoms with Gasteiger partial charge in [-0.25, -0.2) is 8.42 Å². The van der Waals surface area contributed by atoms with Gasteiger partial charge in [0.25, 0.3) is 0 Å². The van der Waals surface area contributed by atoms with E-state index in [-0.39, 0.29) is 30.6 Å². The molecule has 0 aliphatic heterocycles. The van der Waals surface area contributed by atoms with Gasteiger partial charge in [-0.1, -0.05) is 91.0 Å². The first-order chi connectivity index (χ1) is 20.6. The molecule has 1 atom stereocenters. The largest absolute Gasteiger partial charge is 0.495 e. The third kappa shape index (κ3) is 8.87. The van der Waals surface area contributed by atoms with Crippen LogP contribution < -0.4 is 14.4 Å². The van der Waals surface area contributed by atoms with Gasteiger partial charge in [0.1, 0.15) is 18.3 Å². The molecule has 1 saturated carbocycles. The van der Waals surface area contributed by atoms with Crippen molar-refractivity contribution in [3.8, 4) is 5.75 Å². The lowest BCUT2D eigenvalue weighted by molar-refractivity contribution is -0.140. The average molecular weight is 647 g/mol. The van der Waals surface area contributed by atoms with Gasteiger partial charge in [0.2, 0.25) is 21.8 Å². The van der Waals surface area contributed by atoms with Crippen molar-refractivity contribution in [3.63, 3.8) is 0 Å². The minimum absolute atomic E-state index is 0.00877. The Morgan fingerprint density at radius 3 is 2.26 bits per heavy atom. The molecule has 11 heteroatoms. The van der Waals surface area contributed by atoms with Crippen LogP contribution in [0, 0.1) is 0 Å². The van der Waals surface area contributed by atoms with Gasteiger partial charge < -0.3 is 15.0 Å². The van der Waals surface area contributed by atoms with Crippen LogP contribution in [0.4, 0.5) is 5.69 Å². The Balaban J connectivity index is 1.75. The maximum absolute atomic E-state index is 14.3. The summed E-state index contributed by atoms with van der Waals surface area (Å²) in [7, 11) is -2.49. The van der Waals surface area contributed by atoms with E-state index in [1.807, 2.05) is 30.3 Å². The highest BCUT2D eigenvalue weighted by atomic mass is 35.5. The summed E-state index contributed by atoms with van der Waals surface area (Å²) >= 11 is 12.5. The predicted octanol–water partition coefficient (Wildman–Crippen LogP) is 5.86. The molecule has 1 aliphatic rings. The van der Waals surface area contributed by atoms with Gasteiger partial charge in [-0.05, 0) is 48.2 Å². The van der Waals surface area contributed by atoms with Gasteiger partial charge in [0, 0.05) is 19.0 Å². The second-order valence-corrected chi connectivity index (χ2v) is 13.5. The number of para-hydroxylation sites is 2. The van der Waals surface area contributed by atoms with Gasteiger partial charge in [0.15, 0.2) is 0 Å². The van der Waals surface area contributed by atoms with Crippen LogP contribution in [0.2, 0.25) is 10.0 Å². The van der Waals surface area contributed by atoms with Crippen LogP contribution in [0.5, 0.6) is 5.75 Å². The number of nitrogens with zero attached hydrogens (tertiary/aromatic N) is 2. The summed E-state index contributed by atoms with van der Waals surface area (Å²) < 4.78 is 32.5. The molecule has 4 rings (SSSR count). The van der Waals surface area contributed by atoms with Crippen molar-refractivity contribution in [3.05, 3.63) is 94.0 Å². The molecule has 1 N–H and O–H groups in total. The lowest BCUT2D eigenvalue weighted by Gasteiger charge is -2.35. The first-order valence-electron chi connectivity index (χ1n) is 14.2. The molecule has 0 aromatic heterocycles. The number of ether oxygens (including phenoxy) is 1. The number of rotatable bonds is 12. The number of halogens is 2. The number of amides is 2. The molecule has 0 radical (unpaired) electrons. The van der Waals surface area contributed by atoms with Crippen LogP contribution in [0.3, 0.4) is 0 Å². The summed E-state index contributed by atoms with van der Waals surface area (Å²) in [6.45, 7) is -0.530. The Hall–Kier alpha value is -3.27. The number of hydrogen-bond acceptors (Lipinski definition) is 5. The number of methoxy groups -OCH3 is 1. The second kappa shape index (κ2) is 14.9. The Bertz CT molecular complexity index is 1510. The number of carbonyl (C=O) groups is 2. The number of hydrogen-bond donors (Lipinski definition) is 1. The number of benzene rings is 3. The van der Waals surface area contributed by atoms with E-state index in [1.54, 1.807) is 42.5 Å². The van der Waals surface area contributed by atoms with Crippen molar-refractivity contribution in [2.45, 2.75) is 57.2 Å². The molecular formula is C32H37Cl2N3O5S. The Kier molecular flexibility index (Phi) is 11.3. The number of sulfonamides is 1. The number of carbonyl (C=O) groups excluding carboxylic acids is 2. The van der Waals surface area contributed by atoms with Gasteiger partial charge in [-0.3, -0.25) is 13.9 Å². The molecule has 0 heterocycles. The topological polar surface area (TPSA) is 96.0 Å². The first-order valence-corrected chi connectivity index (χ1v) is 16.9. The van der Waals surface area contributed by atoms with E-state index < -0.39 is 28.5 Å².